The van der Waals surface area contributed by atoms with Crippen LogP contribution in [0.5, 0.6) is 0 Å². The van der Waals surface area contributed by atoms with Crippen molar-refractivity contribution in [1.82, 2.24) is 10.3 Å². The van der Waals surface area contributed by atoms with Crippen molar-refractivity contribution in [2.75, 3.05) is 7.05 Å². The summed E-state index contributed by atoms with van der Waals surface area (Å²) in [5.74, 6) is 0.00463. The molecule has 4 nitrogen and oxygen atoms in total. The molecule has 1 aromatic heterocycles. The van der Waals surface area contributed by atoms with Crippen LogP contribution in [0.2, 0.25) is 0 Å². The molecule has 0 fully saturated rings. The fourth-order valence-corrected chi connectivity index (χ4v) is 2.35. The van der Waals surface area contributed by atoms with E-state index in [9.17, 15) is 9.59 Å². The van der Waals surface area contributed by atoms with Gasteiger partial charge in [0.25, 0.3) is 0 Å². The molecule has 142 valence electrons. The molecule has 2 aromatic carbocycles. The minimum absolute atomic E-state index is 0.00463. The van der Waals surface area contributed by atoms with Crippen molar-refractivity contribution in [3.8, 4) is 35.2 Å². The fourth-order valence-electron chi connectivity index (χ4n) is 2.35. The average Bonchev–Trinajstić information content (AvgIpc) is 2.76. The Morgan fingerprint density at radius 3 is 2.00 bits per heavy atom. The lowest BCUT2D eigenvalue weighted by atomic mass is 9.98. The molecule has 0 aliphatic carbocycles. The summed E-state index contributed by atoms with van der Waals surface area (Å²) in [4.78, 5) is 25.2. The number of nitrogens with one attached hydrogen (secondary N) is 1. The number of aldehydes is 1. The number of terminal acetylenes is 1. The molecule has 3 aromatic rings. The molecule has 0 saturated heterocycles. The lowest BCUT2D eigenvalue weighted by Crippen LogP contribution is -2.11. The Kier molecular flexibility index (Phi) is 9.43. The molecule has 0 aliphatic rings. The molecule has 0 unspecified atom stereocenters. The van der Waals surface area contributed by atoms with E-state index in [0.717, 1.165) is 34.4 Å². The Balaban J connectivity index is 0.000000490. The van der Waals surface area contributed by atoms with E-state index in [-0.39, 0.29) is 5.91 Å². The van der Waals surface area contributed by atoms with Crippen LogP contribution in [0.1, 0.15) is 23.0 Å². The Hall–Kier alpha value is -3.71. The van der Waals surface area contributed by atoms with Gasteiger partial charge in [0.05, 0.1) is 5.69 Å². The molecular weight excluding hydrogens is 348 g/mol. The van der Waals surface area contributed by atoms with Gasteiger partial charge in [-0.3, -0.25) is 14.6 Å². The van der Waals surface area contributed by atoms with Crippen LogP contribution in [0.15, 0.2) is 66.7 Å². The van der Waals surface area contributed by atoms with Crippen molar-refractivity contribution in [3.05, 3.63) is 78.0 Å². The Bertz CT molecular complexity index is 914. The summed E-state index contributed by atoms with van der Waals surface area (Å²) >= 11 is 0. The third-order valence-electron chi connectivity index (χ3n) is 3.79. The predicted molar refractivity (Wildman–Crippen MR) is 115 cm³/mol. The predicted octanol–water partition coefficient (Wildman–Crippen LogP) is 4.54. The highest BCUT2D eigenvalue weighted by Gasteiger charge is 2.09. The van der Waals surface area contributed by atoms with E-state index in [1.54, 1.807) is 7.05 Å². The summed E-state index contributed by atoms with van der Waals surface area (Å²) in [5, 5.41) is 2.39. The minimum Gasteiger partial charge on any atom is -0.359 e. The van der Waals surface area contributed by atoms with Gasteiger partial charge in [0.15, 0.2) is 0 Å². The van der Waals surface area contributed by atoms with Crippen LogP contribution in [0.25, 0.3) is 22.4 Å². The molecule has 0 spiro atoms. The van der Waals surface area contributed by atoms with Crippen molar-refractivity contribution >= 4 is 12.2 Å². The number of rotatable bonds is 3. The van der Waals surface area contributed by atoms with Gasteiger partial charge in [0.1, 0.15) is 6.29 Å². The monoisotopic (exact) mass is 372 g/mol. The van der Waals surface area contributed by atoms with Crippen LogP contribution in [-0.4, -0.2) is 24.2 Å². The van der Waals surface area contributed by atoms with Gasteiger partial charge in [-0.05, 0) is 18.6 Å². The smallest absolute Gasteiger partial charge is 0.216 e. The van der Waals surface area contributed by atoms with Crippen LogP contribution < -0.4 is 5.32 Å². The Morgan fingerprint density at radius 1 is 0.929 bits per heavy atom. The van der Waals surface area contributed by atoms with Gasteiger partial charge < -0.3 is 5.32 Å². The van der Waals surface area contributed by atoms with Gasteiger partial charge in [0.2, 0.25) is 5.91 Å². The molecule has 0 aliphatic heterocycles. The number of aromatic nitrogens is 1. The maximum absolute atomic E-state index is 10.8. The first kappa shape index (κ1) is 22.3. The number of nitrogens with zero attached hydrogens (tertiary/aromatic N) is 1. The zero-order valence-corrected chi connectivity index (χ0v) is 16.3. The second-order valence-corrected chi connectivity index (χ2v) is 5.76. The SMILES string of the molecule is C#C.CNC(C)=O.Cc1ccc(-c2ccccc2)c(-c2ccc(C=O)cc2)n1. The molecular formula is C24H24N2O2. The minimum atomic E-state index is 0.00463. The largest absolute Gasteiger partial charge is 0.359 e. The highest BCUT2D eigenvalue weighted by molar-refractivity contribution is 5.82. The molecule has 1 N–H and O–H groups in total. The standard InChI is InChI=1S/C19H15NO.C3H7NO.C2H2/c1-14-7-12-18(16-5-3-2-4-6-16)19(20-14)17-10-8-15(13-21)9-11-17;1-3(5)4-2;1-2/h2-13H,1H3;1-2H3,(H,4,5);1-2H. The van der Waals surface area contributed by atoms with E-state index in [4.69, 9.17) is 0 Å². The summed E-state index contributed by atoms with van der Waals surface area (Å²) in [7, 11) is 1.60. The summed E-state index contributed by atoms with van der Waals surface area (Å²) < 4.78 is 0. The number of aryl methyl sites for hydroxylation is 1. The molecule has 1 heterocycles. The van der Waals surface area contributed by atoms with E-state index >= 15 is 0 Å². The van der Waals surface area contributed by atoms with E-state index in [0.29, 0.717) is 5.56 Å². The van der Waals surface area contributed by atoms with Gasteiger partial charge in [0, 0.05) is 36.4 Å². The lowest BCUT2D eigenvalue weighted by molar-refractivity contribution is -0.118. The van der Waals surface area contributed by atoms with Crippen LogP contribution in [0, 0.1) is 19.8 Å². The second-order valence-electron chi connectivity index (χ2n) is 5.76. The highest BCUT2D eigenvalue weighted by Crippen LogP contribution is 2.30. The molecule has 1 amide bonds. The molecule has 28 heavy (non-hydrogen) atoms. The van der Waals surface area contributed by atoms with Crippen molar-refractivity contribution in [2.45, 2.75) is 13.8 Å². The Morgan fingerprint density at radius 2 is 1.50 bits per heavy atom. The van der Waals surface area contributed by atoms with E-state index in [2.05, 4.69) is 41.3 Å². The first-order valence-corrected chi connectivity index (χ1v) is 8.65. The number of hydrogen-bond acceptors (Lipinski definition) is 3. The van der Waals surface area contributed by atoms with E-state index < -0.39 is 0 Å². The zero-order valence-electron chi connectivity index (χ0n) is 16.3. The van der Waals surface area contributed by atoms with E-state index in [1.807, 2.05) is 55.5 Å². The maximum atomic E-state index is 10.8. The van der Waals surface area contributed by atoms with Crippen LogP contribution in [0.4, 0.5) is 0 Å². The van der Waals surface area contributed by atoms with Crippen LogP contribution >= 0.6 is 0 Å². The maximum Gasteiger partial charge on any atom is 0.216 e. The van der Waals surface area contributed by atoms with Gasteiger partial charge >= 0.3 is 0 Å². The van der Waals surface area contributed by atoms with Gasteiger partial charge in [-0.15, -0.1) is 12.8 Å². The molecule has 3 rings (SSSR count). The van der Waals surface area contributed by atoms with E-state index in [1.165, 1.54) is 6.92 Å². The highest BCUT2D eigenvalue weighted by atomic mass is 16.1. The van der Waals surface area contributed by atoms with Crippen molar-refractivity contribution in [2.24, 2.45) is 0 Å². The van der Waals surface area contributed by atoms with Gasteiger partial charge in [-0.25, -0.2) is 0 Å². The molecule has 4 heteroatoms. The first-order valence-electron chi connectivity index (χ1n) is 8.65. The number of carbonyl (C=O) groups is 2. The number of pyridine rings is 1. The molecule has 0 atom stereocenters. The second kappa shape index (κ2) is 11.8. The molecule has 0 bridgehead atoms. The third-order valence-corrected chi connectivity index (χ3v) is 3.79. The van der Waals surface area contributed by atoms with Crippen LogP contribution in [0.3, 0.4) is 0 Å². The fraction of sp³-hybridized carbons (Fsp3) is 0.125. The molecule has 0 radical (unpaired) electrons. The van der Waals surface area contributed by atoms with Crippen molar-refractivity contribution < 1.29 is 9.59 Å². The normalized spacial score (nSPS) is 9.04. The summed E-state index contributed by atoms with van der Waals surface area (Å²) in [6.45, 7) is 3.46. The van der Waals surface area contributed by atoms with Gasteiger partial charge in [-0.2, -0.15) is 0 Å². The number of benzene rings is 2. The van der Waals surface area contributed by atoms with Crippen LogP contribution in [-0.2, 0) is 4.79 Å². The number of carbonyl (C=O) groups excluding carboxylic acids is 2. The summed E-state index contributed by atoms with van der Waals surface area (Å²) in [6.07, 6.45) is 8.85. The topological polar surface area (TPSA) is 59.1 Å². The average molecular weight is 372 g/mol. The van der Waals surface area contributed by atoms with Gasteiger partial charge in [-0.1, -0.05) is 60.7 Å². The number of amides is 1. The molecule has 0 saturated carbocycles. The summed E-state index contributed by atoms with van der Waals surface area (Å²) in [6, 6.07) is 21.8. The zero-order chi connectivity index (χ0) is 20.9. The van der Waals surface area contributed by atoms with Crippen molar-refractivity contribution in [1.29, 1.82) is 0 Å². The quantitative estimate of drug-likeness (QED) is 0.542. The Labute approximate surface area is 166 Å². The number of hydrogen-bond donors (Lipinski definition) is 1. The summed E-state index contributed by atoms with van der Waals surface area (Å²) in [5.41, 5.74) is 5.85. The first-order chi connectivity index (χ1) is 13.5. The lowest BCUT2D eigenvalue weighted by Gasteiger charge is -2.10. The third kappa shape index (κ3) is 6.54. The van der Waals surface area contributed by atoms with Crippen molar-refractivity contribution in [3.63, 3.8) is 0 Å².